The molecule has 2 rings (SSSR count). The first-order valence-corrected chi connectivity index (χ1v) is 7.67. The smallest absolute Gasteiger partial charge is 0.240 e. The maximum Gasteiger partial charge on any atom is 0.240 e. The lowest BCUT2D eigenvalue weighted by molar-refractivity contribution is -0.127. The van der Waals surface area contributed by atoms with Gasteiger partial charge in [-0.1, -0.05) is 39.0 Å². The molecule has 3 nitrogen and oxygen atoms in total. The SMILES string of the molecule is CC1CCC(CNC(=O)C2(N)CCCCC2)CC1. The number of carbonyl (C=O) groups is 1. The van der Waals surface area contributed by atoms with Crippen LogP contribution >= 0.6 is 0 Å². The highest BCUT2D eigenvalue weighted by atomic mass is 16.2. The number of hydrogen-bond acceptors (Lipinski definition) is 2. The molecule has 3 heteroatoms. The summed E-state index contributed by atoms with van der Waals surface area (Å²) >= 11 is 0. The summed E-state index contributed by atoms with van der Waals surface area (Å²) in [5.74, 6) is 1.65. The highest BCUT2D eigenvalue weighted by Crippen LogP contribution is 2.29. The van der Waals surface area contributed by atoms with Crippen LogP contribution in [0.3, 0.4) is 0 Å². The molecule has 0 aromatic rings. The Kier molecular flexibility index (Phi) is 4.66. The minimum Gasteiger partial charge on any atom is -0.354 e. The second-order valence-corrected chi connectivity index (χ2v) is 6.55. The van der Waals surface area contributed by atoms with Crippen LogP contribution in [-0.2, 0) is 4.79 Å². The molecule has 2 saturated carbocycles. The highest BCUT2D eigenvalue weighted by molar-refractivity contribution is 5.86. The van der Waals surface area contributed by atoms with E-state index in [9.17, 15) is 4.79 Å². The molecule has 3 N–H and O–H groups in total. The third kappa shape index (κ3) is 3.47. The van der Waals surface area contributed by atoms with Crippen LogP contribution in [0.15, 0.2) is 0 Å². The maximum atomic E-state index is 12.2. The van der Waals surface area contributed by atoms with Gasteiger partial charge in [-0.2, -0.15) is 0 Å². The van der Waals surface area contributed by atoms with Gasteiger partial charge in [0, 0.05) is 6.54 Å². The van der Waals surface area contributed by atoms with Crippen LogP contribution in [0.4, 0.5) is 0 Å². The van der Waals surface area contributed by atoms with Gasteiger partial charge in [0.2, 0.25) is 5.91 Å². The summed E-state index contributed by atoms with van der Waals surface area (Å²) in [6, 6.07) is 0. The third-order valence-corrected chi connectivity index (χ3v) is 4.88. The van der Waals surface area contributed by atoms with E-state index in [1.807, 2.05) is 0 Å². The van der Waals surface area contributed by atoms with E-state index in [1.54, 1.807) is 0 Å². The van der Waals surface area contributed by atoms with E-state index in [2.05, 4.69) is 12.2 Å². The molecule has 0 aromatic carbocycles. The molecule has 0 spiro atoms. The molecule has 0 unspecified atom stereocenters. The van der Waals surface area contributed by atoms with E-state index in [0.29, 0.717) is 5.92 Å². The Morgan fingerprint density at radius 2 is 1.78 bits per heavy atom. The second kappa shape index (κ2) is 6.05. The zero-order valence-corrected chi connectivity index (χ0v) is 11.7. The first kappa shape index (κ1) is 13.9. The summed E-state index contributed by atoms with van der Waals surface area (Å²) in [5.41, 5.74) is 5.66. The molecule has 1 amide bonds. The Hall–Kier alpha value is -0.570. The second-order valence-electron chi connectivity index (χ2n) is 6.55. The van der Waals surface area contributed by atoms with Crippen molar-refractivity contribution in [1.29, 1.82) is 0 Å². The van der Waals surface area contributed by atoms with Gasteiger partial charge in [0.05, 0.1) is 5.54 Å². The summed E-state index contributed by atoms with van der Waals surface area (Å²) in [6.45, 7) is 3.16. The molecule has 0 bridgehead atoms. The average molecular weight is 252 g/mol. The summed E-state index contributed by atoms with van der Waals surface area (Å²) in [5, 5.41) is 3.11. The van der Waals surface area contributed by atoms with Crippen molar-refractivity contribution in [3.05, 3.63) is 0 Å². The minimum atomic E-state index is -0.569. The Balaban J connectivity index is 1.74. The molecule has 104 valence electrons. The predicted molar refractivity (Wildman–Crippen MR) is 74.1 cm³/mol. The van der Waals surface area contributed by atoms with E-state index in [1.165, 1.54) is 32.1 Å². The maximum absolute atomic E-state index is 12.2. The van der Waals surface area contributed by atoms with Gasteiger partial charge in [-0.3, -0.25) is 4.79 Å². The minimum absolute atomic E-state index is 0.0980. The lowest BCUT2D eigenvalue weighted by Gasteiger charge is -2.33. The van der Waals surface area contributed by atoms with Gasteiger partial charge in [-0.15, -0.1) is 0 Å². The van der Waals surface area contributed by atoms with Gasteiger partial charge in [0.15, 0.2) is 0 Å². The molecule has 0 saturated heterocycles. The molecular formula is C15H28N2O. The lowest BCUT2D eigenvalue weighted by Crippen LogP contribution is -2.55. The van der Waals surface area contributed by atoms with Crippen molar-refractivity contribution < 1.29 is 4.79 Å². The highest BCUT2D eigenvalue weighted by Gasteiger charge is 2.35. The van der Waals surface area contributed by atoms with Crippen LogP contribution in [0.1, 0.15) is 64.7 Å². The number of hydrogen-bond donors (Lipinski definition) is 2. The standard InChI is InChI=1S/C15H28N2O/c1-12-5-7-13(8-6-12)11-17-14(18)15(16)9-3-2-4-10-15/h12-13H,2-11,16H2,1H3,(H,17,18). The number of nitrogens with two attached hydrogens (primary N) is 1. The van der Waals surface area contributed by atoms with Crippen LogP contribution in [-0.4, -0.2) is 18.0 Å². The fourth-order valence-electron chi connectivity index (χ4n) is 3.36. The molecule has 18 heavy (non-hydrogen) atoms. The Morgan fingerprint density at radius 3 is 2.39 bits per heavy atom. The van der Waals surface area contributed by atoms with Crippen molar-refractivity contribution in [2.45, 2.75) is 70.3 Å². The zero-order valence-electron chi connectivity index (χ0n) is 11.7. The molecule has 2 aliphatic rings. The Bertz CT molecular complexity index is 276. The van der Waals surface area contributed by atoms with Gasteiger partial charge in [-0.05, 0) is 37.5 Å². The van der Waals surface area contributed by atoms with Crippen LogP contribution in [0.2, 0.25) is 0 Å². The molecule has 0 atom stereocenters. The fraction of sp³-hybridized carbons (Fsp3) is 0.933. The molecular weight excluding hydrogens is 224 g/mol. The van der Waals surface area contributed by atoms with Crippen molar-refractivity contribution in [3.63, 3.8) is 0 Å². The monoisotopic (exact) mass is 252 g/mol. The van der Waals surface area contributed by atoms with Gasteiger partial charge >= 0.3 is 0 Å². The lowest BCUT2D eigenvalue weighted by atomic mass is 9.81. The number of rotatable bonds is 3. The van der Waals surface area contributed by atoms with Crippen molar-refractivity contribution >= 4 is 5.91 Å². The quantitative estimate of drug-likeness (QED) is 0.811. The van der Waals surface area contributed by atoms with Gasteiger partial charge in [0.1, 0.15) is 0 Å². The zero-order chi connectivity index (χ0) is 13.0. The van der Waals surface area contributed by atoms with E-state index in [-0.39, 0.29) is 5.91 Å². The van der Waals surface area contributed by atoms with Crippen LogP contribution in [0, 0.1) is 11.8 Å². The topological polar surface area (TPSA) is 55.1 Å². The summed E-state index contributed by atoms with van der Waals surface area (Å²) < 4.78 is 0. The normalized spacial score (nSPS) is 31.9. The van der Waals surface area contributed by atoms with Crippen molar-refractivity contribution in [1.82, 2.24) is 5.32 Å². The van der Waals surface area contributed by atoms with Crippen LogP contribution in [0.25, 0.3) is 0 Å². The fourth-order valence-corrected chi connectivity index (χ4v) is 3.36. The number of nitrogens with one attached hydrogen (secondary N) is 1. The molecule has 0 radical (unpaired) electrons. The van der Waals surface area contributed by atoms with E-state index < -0.39 is 5.54 Å². The summed E-state index contributed by atoms with van der Waals surface area (Å²) in [4.78, 5) is 12.2. The van der Waals surface area contributed by atoms with Crippen molar-refractivity contribution in [2.75, 3.05) is 6.54 Å². The predicted octanol–water partition coefficient (Wildman–Crippen LogP) is 2.59. The number of amides is 1. The van der Waals surface area contributed by atoms with Crippen molar-refractivity contribution in [2.24, 2.45) is 17.6 Å². The number of carbonyl (C=O) groups excluding carboxylic acids is 1. The summed E-state index contributed by atoms with van der Waals surface area (Å²) in [7, 11) is 0. The van der Waals surface area contributed by atoms with E-state index in [4.69, 9.17) is 5.73 Å². The average Bonchev–Trinajstić information content (AvgIpc) is 2.38. The van der Waals surface area contributed by atoms with E-state index in [0.717, 1.165) is 38.1 Å². The van der Waals surface area contributed by atoms with Gasteiger partial charge < -0.3 is 11.1 Å². The molecule has 2 aliphatic carbocycles. The molecule has 2 fully saturated rings. The van der Waals surface area contributed by atoms with E-state index >= 15 is 0 Å². The van der Waals surface area contributed by atoms with Crippen molar-refractivity contribution in [3.8, 4) is 0 Å². The van der Waals surface area contributed by atoms with Gasteiger partial charge in [0.25, 0.3) is 0 Å². The first-order chi connectivity index (χ1) is 8.60. The molecule has 0 heterocycles. The van der Waals surface area contributed by atoms with Crippen LogP contribution in [0.5, 0.6) is 0 Å². The van der Waals surface area contributed by atoms with Crippen LogP contribution < -0.4 is 11.1 Å². The molecule has 0 aliphatic heterocycles. The first-order valence-electron chi connectivity index (χ1n) is 7.67. The van der Waals surface area contributed by atoms with Gasteiger partial charge in [-0.25, -0.2) is 0 Å². The largest absolute Gasteiger partial charge is 0.354 e. The summed E-state index contributed by atoms with van der Waals surface area (Å²) in [6.07, 6.45) is 10.3. The Morgan fingerprint density at radius 1 is 1.17 bits per heavy atom. The molecule has 0 aromatic heterocycles. The third-order valence-electron chi connectivity index (χ3n) is 4.88. The Labute approximate surface area is 111 Å².